The van der Waals surface area contributed by atoms with Gasteiger partial charge in [0.25, 0.3) is 0 Å². The van der Waals surface area contributed by atoms with Gasteiger partial charge < -0.3 is 25.6 Å². The first kappa shape index (κ1) is 24.9. The lowest BCUT2D eigenvalue weighted by Gasteiger charge is -2.33. The monoisotopic (exact) mass is 495 g/mol. The molecule has 2 aromatic carbocycles. The number of rotatable bonds is 7. The first-order chi connectivity index (χ1) is 17.5. The van der Waals surface area contributed by atoms with E-state index in [9.17, 15) is 18.4 Å². The molecule has 188 valence electrons. The topological polar surface area (TPSA) is 95.6 Å². The molecule has 10 heteroatoms. The second-order valence-electron chi connectivity index (χ2n) is 8.51. The van der Waals surface area contributed by atoms with E-state index in [-0.39, 0.29) is 24.2 Å². The summed E-state index contributed by atoms with van der Waals surface area (Å²) in [6.45, 7) is 1.63. The van der Waals surface area contributed by atoms with Gasteiger partial charge in [0.15, 0.2) is 11.6 Å². The van der Waals surface area contributed by atoms with Gasteiger partial charge in [-0.2, -0.15) is 0 Å². The number of pyridine rings is 1. The minimum absolute atomic E-state index is 0.0749. The Morgan fingerprint density at radius 2 is 1.97 bits per heavy atom. The molecule has 0 aliphatic carbocycles. The molecule has 4 amide bonds. The number of benzene rings is 2. The van der Waals surface area contributed by atoms with E-state index in [4.69, 9.17) is 4.74 Å². The number of nitrogens with zero attached hydrogens (tertiary/aromatic N) is 2. The number of anilines is 1. The van der Waals surface area contributed by atoms with E-state index in [1.165, 1.54) is 36.5 Å². The number of hydrogen-bond acceptors (Lipinski definition) is 4. The fourth-order valence-corrected chi connectivity index (χ4v) is 3.96. The maximum atomic E-state index is 14.4. The van der Waals surface area contributed by atoms with Crippen LogP contribution in [0, 0.1) is 17.6 Å². The number of amides is 4. The Labute approximate surface area is 207 Å². The predicted octanol–water partition coefficient (Wildman–Crippen LogP) is 4.90. The zero-order chi connectivity index (χ0) is 25.3. The summed E-state index contributed by atoms with van der Waals surface area (Å²) in [5.74, 6) is -0.377. The number of urea groups is 2. The highest BCUT2D eigenvalue weighted by Crippen LogP contribution is 2.24. The van der Waals surface area contributed by atoms with Crippen LogP contribution in [0.1, 0.15) is 18.4 Å². The van der Waals surface area contributed by atoms with Crippen LogP contribution in [0.2, 0.25) is 0 Å². The van der Waals surface area contributed by atoms with Crippen molar-refractivity contribution >= 4 is 17.7 Å². The van der Waals surface area contributed by atoms with Gasteiger partial charge >= 0.3 is 12.1 Å². The molecule has 0 radical (unpaired) electrons. The van der Waals surface area contributed by atoms with E-state index < -0.39 is 17.7 Å². The third-order valence-corrected chi connectivity index (χ3v) is 5.74. The molecule has 1 fully saturated rings. The van der Waals surface area contributed by atoms with E-state index in [2.05, 4.69) is 20.9 Å². The molecule has 2 heterocycles. The van der Waals surface area contributed by atoms with Crippen LogP contribution in [-0.2, 0) is 6.54 Å². The van der Waals surface area contributed by atoms with Crippen LogP contribution in [0.25, 0.3) is 0 Å². The highest BCUT2D eigenvalue weighted by molar-refractivity contribution is 5.89. The van der Waals surface area contributed by atoms with Crippen LogP contribution in [0.4, 0.5) is 24.1 Å². The Kier molecular flexibility index (Phi) is 8.28. The predicted molar refractivity (Wildman–Crippen MR) is 131 cm³/mol. The van der Waals surface area contributed by atoms with Gasteiger partial charge in [0.2, 0.25) is 0 Å². The van der Waals surface area contributed by atoms with Crippen LogP contribution in [0.3, 0.4) is 0 Å². The van der Waals surface area contributed by atoms with Crippen LogP contribution in [0.5, 0.6) is 11.5 Å². The molecule has 1 aliphatic rings. The summed E-state index contributed by atoms with van der Waals surface area (Å²) >= 11 is 0. The SMILES string of the molecule is O=C(NCC1CCCN(C(=O)NCc2ccc(Oc3cccnc3)c(F)c2)C1)Nc1cccc(F)c1. The van der Waals surface area contributed by atoms with E-state index in [1.54, 1.807) is 35.4 Å². The Morgan fingerprint density at radius 3 is 2.75 bits per heavy atom. The minimum Gasteiger partial charge on any atom is -0.453 e. The van der Waals surface area contributed by atoms with Crippen LogP contribution < -0.4 is 20.7 Å². The number of likely N-dealkylation sites (tertiary alicyclic amines) is 1. The molecule has 1 saturated heterocycles. The Bertz CT molecular complexity index is 1200. The molecule has 1 aromatic heterocycles. The smallest absolute Gasteiger partial charge is 0.319 e. The summed E-state index contributed by atoms with van der Waals surface area (Å²) in [7, 11) is 0. The van der Waals surface area contributed by atoms with Crippen molar-refractivity contribution in [2.45, 2.75) is 19.4 Å². The second-order valence-corrected chi connectivity index (χ2v) is 8.51. The van der Waals surface area contributed by atoms with E-state index in [0.717, 1.165) is 12.8 Å². The quantitative estimate of drug-likeness (QED) is 0.435. The van der Waals surface area contributed by atoms with Crippen molar-refractivity contribution in [2.75, 3.05) is 25.0 Å². The summed E-state index contributed by atoms with van der Waals surface area (Å²) < 4.78 is 33.2. The molecule has 1 unspecified atom stereocenters. The molecule has 1 atom stereocenters. The molecule has 8 nitrogen and oxygen atoms in total. The molecule has 4 rings (SSSR count). The van der Waals surface area contributed by atoms with E-state index in [1.807, 2.05) is 0 Å². The van der Waals surface area contributed by atoms with E-state index >= 15 is 0 Å². The highest BCUT2D eigenvalue weighted by atomic mass is 19.1. The lowest BCUT2D eigenvalue weighted by Crippen LogP contribution is -2.47. The second kappa shape index (κ2) is 12.0. The van der Waals surface area contributed by atoms with Gasteiger partial charge in [-0.25, -0.2) is 18.4 Å². The van der Waals surface area contributed by atoms with Crippen molar-refractivity contribution < 1.29 is 23.1 Å². The number of hydrogen-bond donors (Lipinski definition) is 3. The molecule has 0 saturated carbocycles. The van der Waals surface area contributed by atoms with Crippen molar-refractivity contribution in [1.29, 1.82) is 0 Å². The third-order valence-electron chi connectivity index (χ3n) is 5.74. The number of nitrogens with one attached hydrogen (secondary N) is 3. The van der Waals surface area contributed by atoms with Crippen molar-refractivity contribution in [2.24, 2.45) is 5.92 Å². The first-order valence-electron chi connectivity index (χ1n) is 11.7. The average Bonchev–Trinajstić information content (AvgIpc) is 2.88. The average molecular weight is 496 g/mol. The molecule has 3 N–H and O–H groups in total. The maximum absolute atomic E-state index is 14.4. The highest BCUT2D eigenvalue weighted by Gasteiger charge is 2.24. The lowest BCUT2D eigenvalue weighted by molar-refractivity contribution is 0.164. The number of aromatic nitrogens is 1. The molecule has 3 aromatic rings. The van der Waals surface area contributed by atoms with Crippen molar-refractivity contribution in [3.8, 4) is 11.5 Å². The fourth-order valence-electron chi connectivity index (χ4n) is 3.96. The molecule has 0 spiro atoms. The van der Waals surface area contributed by atoms with Gasteiger partial charge in [-0.3, -0.25) is 4.98 Å². The first-order valence-corrected chi connectivity index (χ1v) is 11.7. The van der Waals surface area contributed by atoms with Gasteiger partial charge in [-0.1, -0.05) is 12.1 Å². The van der Waals surface area contributed by atoms with Crippen LogP contribution >= 0.6 is 0 Å². The minimum atomic E-state index is -0.536. The number of carbonyl (C=O) groups is 2. The summed E-state index contributed by atoms with van der Waals surface area (Å²) in [5.41, 5.74) is 0.967. The number of ether oxygens (including phenoxy) is 1. The Hall–Kier alpha value is -4.21. The molecular formula is C26H27F2N5O3. The van der Waals surface area contributed by atoms with Gasteiger partial charge in [0.1, 0.15) is 11.6 Å². The molecule has 1 aliphatic heterocycles. The van der Waals surface area contributed by atoms with Gasteiger partial charge in [0, 0.05) is 38.1 Å². The third kappa shape index (κ3) is 7.14. The number of carbonyl (C=O) groups excluding carboxylic acids is 2. The summed E-state index contributed by atoms with van der Waals surface area (Å²) in [6.07, 6.45) is 4.77. The Morgan fingerprint density at radius 1 is 1.08 bits per heavy atom. The van der Waals surface area contributed by atoms with Crippen molar-refractivity contribution in [3.63, 3.8) is 0 Å². The largest absolute Gasteiger partial charge is 0.453 e. The fraction of sp³-hybridized carbons (Fsp3) is 0.269. The zero-order valence-electron chi connectivity index (χ0n) is 19.5. The summed E-state index contributed by atoms with van der Waals surface area (Å²) in [5, 5.41) is 8.19. The molecule has 0 bridgehead atoms. The summed E-state index contributed by atoms with van der Waals surface area (Å²) in [4.78, 5) is 30.4. The molecule has 36 heavy (non-hydrogen) atoms. The maximum Gasteiger partial charge on any atom is 0.319 e. The Balaban J connectivity index is 1.22. The van der Waals surface area contributed by atoms with Crippen molar-refractivity contribution in [3.05, 3.63) is 84.2 Å². The normalized spacial score (nSPS) is 15.2. The number of halogens is 2. The number of piperidine rings is 1. The van der Waals surface area contributed by atoms with Gasteiger partial charge in [-0.05, 0) is 66.8 Å². The zero-order valence-corrected chi connectivity index (χ0v) is 19.5. The summed E-state index contributed by atoms with van der Waals surface area (Å²) in [6, 6.07) is 12.9. The van der Waals surface area contributed by atoms with Gasteiger partial charge in [0.05, 0.1) is 6.20 Å². The lowest BCUT2D eigenvalue weighted by atomic mass is 9.98. The van der Waals surface area contributed by atoms with Crippen molar-refractivity contribution in [1.82, 2.24) is 20.5 Å². The van der Waals surface area contributed by atoms with Gasteiger partial charge in [-0.15, -0.1) is 0 Å². The standard InChI is InChI=1S/C26H27F2N5O3/c27-20-5-1-6-21(13-20)32-25(34)30-15-19-4-3-11-33(17-19)26(35)31-14-18-8-9-24(23(28)12-18)36-22-7-2-10-29-16-22/h1-2,5-10,12-13,16,19H,3-4,11,14-15,17H2,(H,31,35)(H2,30,32,34). The van der Waals surface area contributed by atoms with Crippen LogP contribution in [0.15, 0.2) is 67.0 Å². The van der Waals surface area contributed by atoms with E-state index in [0.29, 0.717) is 36.6 Å². The van der Waals surface area contributed by atoms with Crippen LogP contribution in [-0.4, -0.2) is 41.6 Å². The molecular weight excluding hydrogens is 468 g/mol.